The summed E-state index contributed by atoms with van der Waals surface area (Å²) in [5.41, 5.74) is 0. The fraction of sp³-hybridized carbons (Fsp3) is 1.00. The highest BCUT2D eigenvalue weighted by atomic mass is 16.5. The maximum atomic E-state index is 8.80. The van der Waals surface area contributed by atoms with E-state index in [0.717, 1.165) is 32.6 Å². The molecule has 0 radical (unpaired) electrons. The van der Waals surface area contributed by atoms with E-state index in [1.54, 1.807) is 0 Å². The first kappa shape index (κ1) is 12.9. The van der Waals surface area contributed by atoms with Crippen molar-refractivity contribution in [3.63, 3.8) is 0 Å². The molecule has 1 saturated heterocycles. The predicted molar refractivity (Wildman–Crippen MR) is 61.0 cm³/mol. The highest BCUT2D eigenvalue weighted by Gasteiger charge is 2.16. The number of aliphatic hydroxyl groups is 1. The standard InChI is InChI=1S/C11H24N2O2/c1-9(3-5-14)13-10(2)7-11-8-15-6-4-12-11/h9-14H,3-8H2,1-2H3. The van der Waals surface area contributed by atoms with Gasteiger partial charge < -0.3 is 20.5 Å². The van der Waals surface area contributed by atoms with Crippen LogP contribution in [0.25, 0.3) is 0 Å². The Bertz CT molecular complexity index is 161. The first-order chi connectivity index (χ1) is 7.22. The lowest BCUT2D eigenvalue weighted by atomic mass is 10.1. The van der Waals surface area contributed by atoms with Crippen LogP contribution >= 0.6 is 0 Å². The maximum Gasteiger partial charge on any atom is 0.0620 e. The minimum atomic E-state index is 0.256. The lowest BCUT2D eigenvalue weighted by molar-refractivity contribution is 0.0707. The molecule has 0 saturated carbocycles. The van der Waals surface area contributed by atoms with Crippen molar-refractivity contribution in [1.82, 2.24) is 10.6 Å². The molecule has 0 aromatic rings. The number of hydrogen-bond donors (Lipinski definition) is 3. The second-order valence-corrected chi connectivity index (χ2v) is 4.44. The Labute approximate surface area is 92.4 Å². The van der Waals surface area contributed by atoms with E-state index in [-0.39, 0.29) is 6.61 Å². The zero-order valence-corrected chi connectivity index (χ0v) is 9.83. The summed E-state index contributed by atoms with van der Waals surface area (Å²) in [5.74, 6) is 0. The van der Waals surface area contributed by atoms with E-state index in [9.17, 15) is 0 Å². The van der Waals surface area contributed by atoms with Crippen LogP contribution in [0, 0.1) is 0 Å². The minimum absolute atomic E-state index is 0.256. The summed E-state index contributed by atoms with van der Waals surface area (Å²) in [6.07, 6.45) is 1.90. The van der Waals surface area contributed by atoms with Crippen LogP contribution in [-0.2, 0) is 4.74 Å². The van der Waals surface area contributed by atoms with E-state index in [1.165, 1.54) is 0 Å². The quantitative estimate of drug-likeness (QED) is 0.590. The summed E-state index contributed by atoms with van der Waals surface area (Å²) in [4.78, 5) is 0. The second kappa shape index (κ2) is 7.17. The molecule has 1 rings (SSSR count). The number of nitrogens with one attached hydrogen (secondary N) is 2. The van der Waals surface area contributed by atoms with Gasteiger partial charge in [0.05, 0.1) is 13.2 Å². The molecule has 1 fully saturated rings. The van der Waals surface area contributed by atoms with Gasteiger partial charge in [-0.15, -0.1) is 0 Å². The van der Waals surface area contributed by atoms with Gasteiger partial charge in [0, 0.05) is 31.3 Å². The number of aliphatic hydroxyl groups excluding tert-OH is 1. The van der Waals surface area contributed by atoms with Crippen molar-refractivity contribution < 1.29 is 9.84 Å². The lowest BCUT2D eigenvalue weighted by Gasteiger charge is -2.28. The summed E-state index contributed by atoms with van der Waals surface area (Å²) in [7, 11) is 0. The van der Waals surface area contributed by atoms with Gasteiger partial charge in [0.2, 0.25) is 0 Å². The molecule has 1 heterocycles. The first-order valence-corrected chi connectivity index (χ1v) is 5.90. The molecule has 0 amide bonds. The molecule has 3 atom stereocenters. The average Bonchev–Trinajstić information content (AvgIpc) is 2.19. The Morgan fingerprint density at radius 2 is 2.27 bits per heavy atom. The Hall–Kier alpha value is -0.160. The zero-order valence-electron chi connectivity index (χ0n) is 9.83. The fourth-order valence-corrected chi connectivity index (χ4v) is 2.03. The van der Waals surface area contributed by atoms with Crippen molar-refractivity contribution >= 4 is 0 Å². The summed E-state index contributed by atoms with van der Waals surface area (Å²) < 4.78 is 5.41. The van der Waals surface area contributed by atoms with Crippen LogP contribution in [0.1, 0.15) is 26.7 Å². The van der Waals surface area contributed by atoms with Gasteiger partial charge in [-0.25, -0.2) is 0 Å². The van der Waals surface area contributed by atoms with Crippen molar-refractivity contribution in [3.8, 4) is 0 Å². The van der Waals surface area contributed by atoms with Gasteiger partial charge in [-0.1, -0.05) is 0 Å². The summed E-state index contributed by atoms with van der Waals surface area (Å²) in [5, 5.41) is 15.7. The molecule has 0 spiro atoms. The van der Waals surface area contributed by atoms with Gasteiger partial charge in [-0.3, -0.25) is 0 Å². The normalized spacial score (nSPS) is 26.2. The summed E-state index contributed by atoms with van der Waals surface area (Å²) >= 11 is 0. The first-order valence-electron chi connectivity index (χ1n) is 5.90. The molecule has 0 bridgehead atoms. The molecule has 1 aliphatic rings. The van der Waals surface area contributed by atoms with E-state index in [2.05, 4.69) is 24.5 Å². The molecule has 0 aromatic carbocycles. The number of rotatable bonds is 6. The van der Waals surface area contributed by atoms with Crippen molar-refractivity contribution in [2.75, 3.05) is 26.4 Å². The van der Waals surface area contributed by atoms with E-state index in [0.29, 0.717) is 18.1 Å². The molecular formula is C11H24N2O2. The molecule has 15 heavy (non-hydrogen) atoms. The molecule has 1 aliphatic heterocycles. The van der Waals surface area contributed by atoms with Gasteiger partial charge in [0.1, 0.15) is 0 Å². The molecule has 4 heteroatoms. The van der Waals surface area contributed by atoms with Crippen molar-refractivity contribution in [1.29, 1.82) is 0 Å². The van der Waals surface area contributed by atoms with Gasteiger partial charge in [-0.05, 0) is 26.7 Å². The minimum Gasteiger partial charge on any atom is -0.396 e. The second-order valence-electron chi connectivity index (χ2n) is 4.44. The predicted octanol–water partition coefficient (Wildman–Crippen LogP) is 0.114. The zero-order chi connectivity index (χ0) is 11.1. The average molecular weight is 216 g/mol. The van der Waals surface area contributed by atoms with Crippen molar-refractivity contribution in [2.45, 2.75) is 44.8 Å². The topological polar surface area (TPSA) is 53.5 Å². The monoisotopic (exact) mass is 216 g/mol. The van der Waals surface area contributed by atoms with E-state index >= 15 is 0 Å². The van der Waals surface area contributed by atoms with Crippen LogP contribution in [0.2, 0.25) is 0 Å². The van der Waals surface area contributed by atoms with Crippen LogP contribution in [0.4, 0.5) is 0 Å². The molecule has 0 aromatic heterocycles. The SMILES string of the molecule is CC(CCO)NC(C)CC1COCCN1. The molecule has 4 nitrogen and oxygen atoms in total. The van der Waals surface area contributed by atoms with E-state index in [1.807, 2.05) is 0 Å². The highest BCUT2D eigenvalue weighted by Crippen LogP contribution is 2.04. The smallest absolute Gasteiger partial charge is 0.0620 e. The Kier molecular flexibility index (Phi) is 6.17. The Morgan fingerprint density at radius 1 is 1.47 bits per heavy atom. The number of hydrogen-bond acceptors (Lipinski definition) is 4. The van der Waals surface area contributed by atoms with Gasteiger partial charge in [-0.2, -0.15) is 0 Å². The molecule has 3 N–H and O–H groups in total. The molecule has 0 aliphatic carbocycles. The summed E-state index contributed by atoms with van der Waals surface area (Å²) in [6.45, 7) is 7.16. The molecular weight excluding hydrogens is 192 g/mol. The maximum absolute atomic E-state index is 8.80. The van der Waals surface area contributed by atoms with Crippen LogP contribution in [-0.4, -0.2) is 49.6 Å². The fourth-order valence-electron chi connectivity index (χ4n) is 2.03. The summed E-state index contributed by atoms with van der Waals surface area (Å²) in [6, 6.07) is 1.32. The molecule has 90 valence electrons. The number of ether oxygens (including phenoxy) is 1. The lowest BCUT2D eigenvalue weighted by Crippen LogP contribution is -2.46. The Morgan fingerprint density at radius 3 is 2.87 bits per heavy atom. The van der Waals surface area contributed by atoms with Gasteiger partial charge >= 0.3 is 0 Å². The van der Waals surface area contributed by atoms with Crippen LogP contribution < -0.4 is 10.6 Å². The van der Waals surface area contributed by atoms with E-state index in [4.69, 9.17) is 9.84 Å². The van der Waals surface area contributed by atoms with Crippen LogP contribution in [0.15, 0.2) is 0 Å². The highest BCUT2D eigenvalue weighted by molar-refractivity contribution is 4.77. The third-order valence-electron chi connectivity index (χ3n) is 2.77. The van der Waals surface area contributed by atoms with Crippen molar-refractivity contribution in [3.05, 3.63) is 0 Å². The van der Waals surface area contributed by atoms with Crippen LogP contribution in [0.5, 0.6) is 0 Å². The third-order valence-corrected chi connectivity index (χ3v) is 2.77. The van der Waals surface area contributed by atoms with Crippen molar-refractivity contribution in [2.24, 2.45) is 0 Å². The number of morpholine rings is 1. The third kappa shape index (κ3) is 5.47. The van der Waals surface area contributed by atoms with Gasteiger partial charge in [0.15, 0.2) is 0 Å². The largest absolute Gasteiger partial charge is 0.396 e. The van der Waals surface area contributed by atoms with E-state index < -0.39 is 0 Å². The molecule has 3 unspecified atom stereocenters. The van der Waals surface area contributed by atoms with Crippen LogP contribution in [0.3, 0.4) is 0 Å². The van der Waals surface area contributed by atoms with Gasteiger partial charge in [0.25, 0.3) is 0 Å². The Balaban J connectivity index is 2.13.